The minimum Gasteiger partial charge on any atom is -0.348 e. The number of thiophene rings is 1. The molecule has 0 aliphatic heterocycles. The molecule has 1 amide bonds. The lowest BCUT2D eigenvalue weighted by atomic mass is 10.1. The van der Waals surface area contributed by atoms with E-state index in [0.29, 0.717) is 12.0 Å². The zero-order valence-corrected chi connectivity index (χ0v) is 10.1. The fourth-order valence-corrected chi connectivity index (χ4v) is 2.70. The van der Waals surface area contributed by atoms with Crippen molar-refractivity contribution in [1.82, 2.24) is 5.32 Å². The van der Waals surface area contributed by atoms with Gasteiger partial charge in [0.15, 0.2) is 0 Å². The highest BCUT2D eigenvalue weighted by Gasteiger charge is 2.39. The van der Waals surface area contributed by atoms with Gasteiger partial charge in [0, 0.05) is 12.0 Å². The summed E-state index contributed by atoms with van der Waals surface area (Å²) in [6.45, 7) is 0. The number of carbonyl (C=O) groups excluding carboxylic acids is 1. The first-order valence-electron chi connectivity index (χ1n) is 5.74. The van der Waals surface area contributed by atoms with E-state index in [4.69, 9.17) is 0 Å². The van der Waals surface area contributed by atoms with Gasteiger partial charge in [-0.15, -0.1) is 11.3 Å². The molecular formula is C14H13NOS. The molecule has 1 fully saturated rings. The molecule has 17 heavy (non-hydrogen) atoms. The number of amides is 1. The maximum Gasteiger partial charge on any atom is 0.261 e. The van der Waals surface area contributed by atoms with E-state index in [1.807, 2.05) is 35.7 Å². The van der Waals surface area contributed by atoms with Gasteiger partial charge in [0.1, 0.15) is 0 Å². The summed E-state index contributed by atoms with van der Waals surface area (Å²) in [4.78, 5) is 12.6. The molecule has 86 valence electrons. The number of rotatable bonds is 3. The standard InChI is InChI=1S/C14H13NOS/c16-14(13-7-4-8-17-13)15-12-9-11(12)10-5-2-1-3-6-10/h1-8,11-12H,9H2,(H,15,16)/t11-,12+/m1/s1. The number of nitrogens with one attached hydrogen (secondary N) is 1. The van der Waals surface area contributed by atoms with Gasteiger partial charge in [-0.3, -0.25) is 4.79 Å². The molecule has 1 aliphatic carbocycles. The Morgan fingerprint density at radius 2 is 2.00 bits per heavy atom. The van der Waals surface area contributed by atoms with Crippen LogP contribution in [-0.2, 0) is 0 Å². The van der Waals surface area contributed by atoms with Crippen molar-refractivity contribution >= 4 is 17.2 Å². The largest absolute Gasteiger partial charge is 0.348 e. The van der Waals surface area contributed by atoms with Gasteiger partial charge in [0.05, 0.1) is 4.88 Å². The molecule has 1 saturated carbocycles. The Morgan fingerprint density at radius 1 is 1.18 bits per heavy atom. The van der Waals surface area contributed by atoms with Crippen LogP contribution in [0, 0.1) is 0 Å². The zero-order valence-electron chi connectivity index (χ0n) is 9.30. The van der Waals surface area contributed by atoms with Gasteiger partial charge in [-0.25, -0.2) is 0 Å². The average molecular weight is 243 g/mol. The Labute approximate surface area is 104 Å². The molecule has 0 spiro atoms. The Bertz CT molecular complexity index is 506. The summed E-state index contributed by atoms with van der Waals surface area (Å²) in [7, 11) is 0. The van der Waals surface area contributed by atoms with Crippen molar-refractivity contribution in [2.24, 2.45) is 0 Å². The molecule has 1 aromatic heterocycles. The van der Waals surface area contributed by atoms with Gasteiger partial charge in [-0.2, -0.15) is 0 Å². The fourth-order valence-electron chi connectivity index (χ4n) is 2.07. The Kier molecular flexibility index (Phi) is 2.69. The third-order valence-corrected chi connectivity index (χ3v) is 3.95. The second-order valence-electron chi connectivity index (χ2n) is 4.31. The number of carbonyl (C=O) groups is 1. The van der Waals surface area contributed by atoms with Crippen molar-refractivity contribution in [1.29, 1.82) is 0 Å². The van der Waals surface area contributed by atoms with Crippen LogP contribution in [-0.4, -0.2) is 11.9 Å². The molecular weight excluding hydrogens is 230 g/mol. The number of benzene rings is 1. The lowest BCUT2D eigenvalue weighted by molar-refractivity contribution is 0.0954. The van der Waals surface area contributed by atoms with Crippen LogP contribution in [0.5, 0.6) is 0 Å². The summed E-state index contributed by atoms with van der Waals surface area (Å²) in [5, 5.41) is 5.00. The first-order valence-corrected chi connectivity index (χ1v) is 6.62. The summed E-state index contributed by atoms with van der Waals surface area (Å²) in [6.07, 6.45) is 1.06. The molecule has 0 unspecified atom stereocenters. The summed E-state index contributed by atoms with van der Waals surface area (Å²) in [5.74, 6) is 0.559. The molecule has 1 aromatic carbocycles. The van der Waals surface area contributed by atoms with Crippen molar-refractivity contribution < 1.29 is 4.79 Å². The molecule has 2 nitrogen and oxygen atoms in total. The minimum absolute atomic E-state index is 0.0587. The van der Waals surface area contributed by atoms with Crippen molar-refractivity contribution in [3.8, 4) is 0 Å². The predicted molar refractivity (Wildman–Crippen MR) is 69.4 cm³/mol. The van der Waals surface area contributed by atoms with E-state index in [1.165, 1.54) is 16.9 Å². The predicted octanol–water partition coefficient (Wildman–Crippen LogP) is 3.03. The third kappa shape index (κ3) is 2.24. The monoisotopic (exact) mass is 243 g/mol. The van der Waals surface area contributed by atoms with E-state index in [2.05, 4.69) is 17.4 Å². The highest BCUT2D eigenvalue weighted by Crippen LogP contribution is 2.40. The summed E-state index contributed by atoms with van der Waals surface area (Å²) in [6, 6.07) is 14.4. The van der Waals surface area contributed by atoms with Crippen LogP contribution in [0.2, 0.25) is 0 Å². The molecule has 2 aromatic rings. The quantitative estimate of drug-likeness (QED) is 0.882. The van der Waals surface area contributed by atoms with E-state index in [1.54, 1.807) is 0 Å². The van der Waals surface area contributed by atoms with E-state index in [-0.39, 0.29) is 5.91 Å². The van der Waals surface area contributed by atoms with Gasteiger partial charge in [-0.1, -0.05) is 36.4 Å². The minimum atomic E-state index is 0.0587. The van der Waals surface area contributed by atoms with Crippen molar-refractivity contribution in [2.75, 3.05) is 0 Å². The molecule has 3 heteroatoms. The lowest BCUT2D eigenvalue weighted by Gasteiger charge is -2.02. The van der Waals surface area contributed by atoms with E-state index in [0.717, 1.165) is 11.3 Å². The molecule has 0 radical (unpaired) electrons. The van der Waals surface area contributed by atoms with Gasteiger partial charge < -0.3 is 5.32 Å². The van der Waals surface area contributed by atoms with Crippen molar-refractivity contribution in [3.05, 3.63) is 58.3 Å². The van der Waals surface area contributed by atoms with Crippen LogP contribution >= 0.6 is 11.3 Å². The van der Waals surface area contributed by atoms with E-state index < -0.39 is 0 Å². The summed E-state index contributed by atoms with van der Waals surface area (Å²) < 4.78 is 0. The van der Waals surface area contributed by atoms with Crippen molar-refractivity contribution in [2.45, 2.75) is 18.4 Å². The maximum atomic E-state index is 11.8. The Balaban J connectivity index is 1.61. The van der Waals surface area contributed by atoms with Crippen LogP contribution < -0.4 is 5.32 Å². The molecule has 3 rings (SSSR count). The second-order valence-corrected chi connectivity index (χ2v) is 5.26. The molecule has 2 atom stereocenters. The zero-order chi connectivity index (χ0) is 11.7. The SMILES string of the molecule is O=C(N[C@H]1C[C@@H]1c1ccccc1)c1cccs1. The topological polar surface area (TPSA) is 29.1 Å². The third-order valence-electron chi connectivity index (χ3n) is 3.08. The smallest absolute Gasteiger partial charge is 0.261 e. The lowest BCUT2D eigenvalue weighted by Crippen LogP contribution is -2.25. The van der Waals surface area contributed by atoms with Crippen LogP contribution in [0.15, 0.2) is 47.8 Å². The Morgan fingerprint density at radius 3 is 2.71 bits per heavy atom. The van der Waals surface area contributed by atoms with Crippen LogP contribution in [0.3, 0.4) is 0 Å². The summed E-state index contributed by atoms with van der Waals surface area (Å²) >= 11 is 1.49. The van der Waals surface area contributed by atoms with E-state index >= 15 is 0 Å². The Hall–Kier alpha value is -1.61. The second kappa shape index (κ2) is 4.34. The van der Waals surface area contributed by atoms with Gasteiger partial charge >= 0.3 is 0 Å². The summed E-state index contributed by atoms with van der Waals surface area (Å²) in [5.41, 5.74) is 1.32. The molecule has 0 bridgehead atoms. The van der Waals surface area contributed by atoms with Crippen molar-refractivity contribution in [3.63, 3.8) is 0 Å². The first-order chi connectivity index (χ1) is 8.34. The molecule has 1 heterocycles. The van der Waals surface area contributed by atoms with Gasteiger partial charge in [-0.05, 0) is 23.4 Å². The molecule has 1 N–H and O–H groups in total. The fraction of sp³-hybridized carbons (Fsp3) is 0.214. The number of hydrogen-bond acceptors (Lipinski definition) is 2. The van der Waals surface area contributed by atoms with Gasteiger partial charge in [0.25, 0.3) is 5.91 Å². The van der Waals surface area contributed by atoms with Crippen LogP contribution in [0.25, 0.3) is 0 Å². The highest BCUT2D eigenvalue weighted by molar-refractivity contribution is 7.12. The highest BCUT2D eigenvalue weighted by atomic mass is 32.1. The van der Waals surface area contributed by atoms with Crippen LogP contribution in [0.4, 0.5) is 0 Å². The normalized spacial score (nSPS) is 22.1. The molecule has 1 aliphatic rings. The average Bonchev–Trinajstić information content (AvgIpc) is 2.92. The van der Waals surface area contributed by atoms with E-state index in [9.17, 15) is 4.79 Å². The molecule has 0 saturated heterocycles. The first kappa shape index (κ1) is 10.5. The van der Waals surface area contributed by atoms with Gasteiger partial charge in [0.2, 0.25) is 0 Å². The van der Waals surface area contributed by atoms with Crippen LogP contribution in [0.1, 0.15) is 27.6 Å². The maximum absolute atomic E-state index is 11.8. The number of hydrogen-bond donors (Lipinski definition) is 1.